The highest BCUT2D eigenvalue weighted by molar-refractivity contribution is 7.09. The lowest BCUT2D eigenvalue weighted by Crippen LogP contribution is -2.41. The van der Waals surface area contributed by atoms with Crippen LogP contribution in [0.25, 0.3) is 10.9 Å². The van der Waals surface area contributed by atoms with E-state index in [9.17, 15) is 4.79 Å². The van der Waals surface area contributed by atoms with Crippen LogP contribution in [-0.2, 0) is 16.8 Å². The van der Waals surface area contributed by atoms with Crippen molar-refractivity contribution in [2.75, 3.05) is 13.2 Å². The summed E-state index contributed by atoms with van der Waals surface area (Å²) in [4.78, 5) is 20.4. The van der Waals surface area contributed by atoms with Gasteiger partial charge in [0.1, 0.15) is 6.04 Å². The van der Waals surface area contributed by atoms with Gasteiger partial charge in [-0.2, -0.15) is 0 Å². The number of nitrogens with one attached hydrogen (secondary N) is 1. The zero-order valence-electron chi connectivity index (χ0n) is 21.4. The number of rotatable bonds is 9. The molecule has 1 aromatic carbocycles. The molecule has 4 aromatic rings. The van der Waals surface area contributed by atoms with Gasteiger partial charge in [0, 0.05) is 30.1 Å². The Bertz CT molecular complexity index is 1370. The van der Waals surface area contributed by atoms with E-state index in [1.807, 2.05) is 35.9 Å². The maximum absolute atomic E-state index is 13.7. The summed E-state index contributed by atoms with van der Waals surface area (Å²) in [6.45, 7) is 10.5. The summed E-state index contributed by atoms with van der Waals surface area (Å²) < 4.78 is 7.96. The molecule has 4 heterocycles. The van der Waals surface area contributed by atoms with Crippen LogP contribution in [-0.4, -0.2) is 49.3 Å². The normalized spacial score (nSPS) is 17.3. The molecule has 1 fully saturated rings. The quantitative estimate of drug-likeness (QED) is 0.351. The van der Waals surface area contributed by atoms with E-state index in [2.05, 4.69) is 63.7 Å². The number of benzene rings is 1. The molecule has 0 unspecified atom stereocenters. The van der Waals surface area contributed by atoms with Crippen LogP contribution in [0.4, 0.5) is 0 Å². The number of fused-ring (bicyclic) bond motifs is 1. The Kier molecular flexibility index (Phi) is 7.05. The van der Waals surface area contributed by atoms with Crippen LogP contribution in [0.3, 0.4) is 0 Å². The number of aromatic nitrogens is 5. The molecular weight excluding hydrogens is 472 g/mol. The van der Waals surface area contributed by atoms with Crippen LogP contribution >= 0.6 is 11.3 Å². The first-order chi connectivity index (χ1) is 17.4. The molecule has 1 aliphatic rings. The van der Waals surface area contributed by atoms with Gasteiger partial charge >= 0.3 is 0 Å². The Morgan fingerprint density at radius 3 is 2.89 bits per heavy atom. The Morgan fingerprint density at radius 1 is 1.31 bits per heavy atom. The highest BCUT2D eigenvalue weighted by Crippen LogP contribution is 2.33. The lowest BCUT2D eigenvalue weighted by atomic mass is 9.98. The summed E-state index contributed by atoms with van der Waals surface area (Å²) in [6, 6.07) is 11.9. The minimum absolute atomic E-state index is 0.109. The fourth-order valence-electron chi connectivity index (χ4n) is 4.96. The van der Waals surface area contributed by atoms with Crippen molar-refractivity contribution in [3.63, 3.8) is 0 Å². The molecule has 36 heavy (non-hydrogen) atoms. The summed E-state index contributed by atoms with van der Waals surface area (Å²) in [7, 11) is 0. The average Bonchev–Trinajstić information content (AvgIpc) is 3.64. The number of pyridine rings is 1. The number of hydrogen-bond acceptors (Lipinski definition) is 7. The van der Waals surface area contributed by atoms with Gasteiger partial charge in [-0.05, 0) is 78.9 Å². The van der Waals surface area contributed by atoms with E-state index in [0.717, 1.165) is 42.3 Å². The van der Waals surface area contributed by atoms with Crippen LogP contribution in [0.5, 0.6) is 0 Å². The first-order valence-corrected chi connectivity index (χ1v) is 13.5. The highest BCUT2D eigenvalue weighted by atomic mass is 32.1. The molecule has 1 N–H and O–H groups in total. The van der Waals surface area contributed by atoms with Crippen molar-refractivity contribution in [3.8, 4) is 0 Å². The Balaban J connectivity index is 1.70. The molecule has 0 bridgehead atoms. The molecule has 1 saturated heterocycles. The highest BCUT2D eigenvalue weighted by Gasteiger charge is 2.36. The minimum Gasteiger partial charge on any atom is -0.377 e. The predicted octanol–water partition coefficient (Wildman–Crippen LogP) is 4.80. The van der Waals surface area contributed by atoms with Gasteiger partial charge in [-0.1, -0.05) is 31.2 Å². The second kappa shape index (κ2) is 10.2. The van der Waals surface area contributed by atoms with Crippen molar-refractivity contribution >= 4 is 22.2 Å². The van der Waals surface area contributed by atoms with Crippen molar-refractivity contribution in [3.05, 3.63) is 74.0 Å². The van der Waals surface area contributed by atoms with E-state index in [1.165, 1.54) is 4.88 Å². The third kappa shape index (κ3) is 4.87. The summed E-state index contributed by atoms with van der Waals surface area (Å²) in [6.07, 6.45) is 3.02. The van der Waals surface area contributed by atoms with E-state index in [1.54, 1.807) is 11.3 Å². The average molecular weight is 507 g/mol. The number of nitrogens with zero attached hydrogens (tertiary/aromatic N) is 5. The monoisotopic (exact) mass is 506 g/mol. The number of ether oxygens (including phenoxy) is 1. The van der Waals surface area contributed by atoms with Crippen LogP contribution in [0.15, 0.2) is 46.6 Å². The van der Waals surface area contributed by atoms with Gasteiger partial charge < -0.3 is 9.72 Å². The maximum Gasteiger partial charge on any atom is 0.253 e. The van der Waals surface area contributed by atoms with Gasteiger partial charge in [-0.25, -0.2) is 4.68 Å². The van der Waals surface area contributed by atoms with E-state index < -0.39 is 6.04 Å². The second-order valence-electron chi connectivity index (χ2n) is 10.3. The van der Waals surface area contributed by atoms with E-state index in [4.69, 9.17) is 4.74 Å². The number of thiophene rings is 1. The molecular formula is C27H34N6O2S. The number of H-pyrrole nitrogens is 1. The van der Waals surface area contributed by atoms with Crippen LogP contribution in [0, 0.1) is 6.92 Å². The predicted molar refractivity (Wildman–Crippen MR) is 142 cm³/mol. The summed E-state index contributed by atoms with van der Waals surface area (Å²) in [5, 5.41) is 16.1. The first kappa shape index (κ1) is 24.8. The summed E-state index contributed by atoms with van der Waals surface area (Å²) in [5.74, 6) is 0.675. The van der Waals surface area contributed by atoms with Crippen LogP contribution < -0.4 is 5.56 Å². The molecule has 190 valence electrons. The maximum atomic E-state index is 13.7. The lowest BCUT2D eigenvalue weighted by Gasteiger charge is -2.34. The third-order valence-corrected chi connectivity index (χ3v) is 8.22. The number of aromatic amines is 1. The van der Waals surface area contributed by atoms with Gasteiger partial charge in [0.2, 0.25) is 0 Å². The molecule has 0 saturated carbocycles. The molecule has 0 spiro atoms. The fourth-order valence-corrected chi connectivity index (χ4v) is 5.69. The molecule has 3 aromatic heterocycles. The molecule has 5 rings (SSSR count). The Hall–Kier alpha value is -2.88. The standard InChI is InChI=1S/C27H34N6O2S/c1-5-27(3,4)33-25(29-30-31-33)24(22-15-19-10-6-9-18(2)23(19)28-26(22)34)32(16-20-11-7-13-35-20)17-21-12-8-14-36-21/h6,8-10,12,14-15,20,24H,5,7,11,13,16-17H2,1-4H3,(H,28,34)/t20-,24-/m0/s1. The molecule has 0 radical (unpaired) electrons. The second-order valence-corrected chi connectivity index (χ2v) is 11.3. The molecule has 0 amide bonds. The van der Waals surface area contributed by atoms with Gasteiger partial charge in [0.25, 0.3) is 5.56 Å². The zero-order valence-corrected chi connectivity index (χ0v) is 22.2. The third-order valence-electron chi connectivity index (χ3n) is 7.35. The Morgan fingerprint density at radius 2 is 2.17 bits per heavy atom. The topological polar surface area (TPSA) is 88.9 Å². The smallest absolute Gasteiger partial charge is 0.253 e. The van der Waals surface area contributed by atoms with Gasteiger partial charge in [-0.3, -0.25) is 9.69 Å². The van der Waals surface area contributed by atoms with E-state index >= 15 is 0 Å². The lowest BCUT2D eigenvalue weighted by molar-refractivity contribution is 0.0566. The largest absolute Gasteiger partial charge is 0.377 e. The van der Waals surface area contributed by atoms with E-state index in [0.29, 0.717) is 24.5 Å². The van der Waals surface area contributed by atoms with Crippen LogP contribution in [0.2, 0.25) is 0 Å². The number of tetrazole rings is 1. The molecule has 0 aliphatic carbocycles. The molecule has 1 aliphatic heterocycles. The summed E-state index contributed by atoms with van der Waals surface area (Å²) >= 11 is 1.72. The SMILES string of the molecule is CCC(C)(C)n1nnnc1[C@H](c1cc2cccc(C)c2[nH]c1=O)N(Cc1cccs1)C[C@@H]1CCCO1. The molecule has 2 atom stereocenters. The van der Waals surface area contributed by atoms with Crippen molar-refractivity contribution < 1.29 is 4.74 Å². The molecule has 9 heteroatoms. The molecule has 8 nitrogen and oxygen atoms in total. The summed E-state index contributed by atoms with van der Waals surface area (Å²) in [5.41, 5.74) is 2.12. The fraction of sp³-hybridized carbons (Fsp3) is 0.481. The van der Waals surface area contributed by atoms with E-state index in [-0.39, 0.29) is 17.2 Å². The minimum atomic E-state index is -0.439. The van der Waals surface area contributed by atoms with Crippen molar-refractivity contribution in [1.82, 2.24) is 30.1 Å². The van der Waals surface area contributed by atoms with Gasteiger partial charge in [0.15, 0.2) is 5.82 Å². The Labute approximate surface area is 215 Å². The number of aryl methyl sites for hydroxylation is 1. The van der Waals surface area contributed by atoms with Gasteiger partial charge in [0.05, 0.1) is 17.2 Å². The van der Waals surface area contributed by atoms with Crippen LogP contribution in [0.1, 0.15) is 67.9 Å². The van der Waals surface area contributed by atoms with Gasteiger partial charge in [-0.15, -0.1) is 16.4 Å². The number of hydrogen-bond donors (Lipinski definition) is 1. The zero-order chi connectivity index (χ0) is 25.3. The first-order valence-electron chi connectivity index (χ1n) is 12.7. The number of para-hydroxylation sites is 1. The van der Waals surface area contributed by atoms with Crippen molar-refractivity contribution in [2.45, 2.75) is 71.2 Å². The van der Waals surface area contributed by atoms with Crippen molar-refractivity contribution in [2.24, 2.45) is 0 Å². The van der Waals surface area contributed by atoms with Crippen molar-refractivity contribution in [1.29, 1.82) is 0 Å².